The van der Waals surface area contributed by atoms with Crippen LogP contribution in [0.4, 0.5) is 9.52 Å². The molecule has 132 valence electrons. The van der Waals surface area contributed by atoms with Crippen LogP contribution in [0.15, 0.2) is 47.8 Å². The number of carbonyl (C=O) groups excluding carboxylic acids is 1. The van der Waals surface area contributed by atoms with E-state index in [-0.39, 0.29) is 18.1 Å². The number of fused-ring (bicyclic) bond motifs is 1. The highest BCUT2D eigenvalue weighted by Gasteiger charge is 2.14. The number of rotatable bonds is 4. The first kappa shape index (κ1) is 16.5. The fourth-order valence-corrected chi connectivity index (χ4v) is 3.40. The van der Waals surface area contributed by atoms with E-state index in [1.165, 1.54) is 23.5 Å². The second-order valence-corrected chi connectivity index (χ2v) is 6.61. The lowest BCUT2D eigenvalue weighted by Crippen LogP contribution is -2.15. The van der Waals surface area contributed by atoms with Gasteiger partial charge in [-0.05, 0) is 35.9 Å². The molecule has 1 amide bonds. The number of hydrogen-bond acceptors (Lipinski definition) is 5. The minimum Gasteiger partial charge on any atom is -0.486 e. The summed E-state index contributed by atoms with van der Waals surface area (Å²) in [6, 6.07) is 11.6. The Hall–Kier alpha value is -2.93. The quantitative estimate of drug-likeness (QED) is 0.757. The zero-order valence-electron chi connectivity index (χ0n) is 13.7. The number of nitrogens with one attached hydrogen (secondary N) is 1. The highest BCUT2D eigenvalue weighted by Crippen LogP contribution is 2.35. The fraction of sp³-hybridized carbons (Fsp3) is 0.158. The summed E-state index contributed by atoms with van der Waals surface area (Å²) in [4.78, 5) is 16.6. The lowest BCUT2D eigenvalue weighted by atomic mass is 10.1. The van der Waals surface area contributed by atoms with E-state index in [1.807, 2.05) is 23.6 Å². The summed E-state index contributed by atoms with van der Waals surface area (Å²) in [7, 11) is 0. The van der Waals surface area contributed by atoms with Gasteiger partial charge in [0.15, 0.2) is 16.6 Å². The molecule has 1 aliphatic heterocycles. The smallest absolute Gasteiger partial charge is 0.230 e. The van der Waals surface area contributed by atoms with E-state index in [0.717, 1.165) is 17.0 Å². The molecule has 0 saturated heterocycles. The number of anilines is 1. The van der Waals surface area contributed by atoms with Crippen molar-refractivity contribution in [3.63, 3.8) is 0 Å². The number of halogens is 1. The molecule has 0 aliphatic carbocycles. The molecule has 0 atom stereocenters. The van der Waals surface area contributed by atoms with Gasteiger partial charge < -0.3 is 14.8 Å². The maximum atomic E-state index is 13.2. The van der Waals surface area contributed by atoms with Crippen LogP contribution in [0.1, 0.15) is 5.56 Å². The Morgan fingerprint density at radius 1 is 1.15 bits per heavy atom. The van der Waals surface area contributed by atoms with Crippen molar-refractivity contribution in [1.82, 2.24) is 4.98 Å². The summed E-state index contributed by atoms with van der Waals surface area (Å²) >= 11 is 1.33. The van der Waals surface area contributed by atoms with E-state index in [1.54, 1.807) is 12.1 Å². The van der Waals surface area contributed by atoms with Crippen molar-refractivity contribution in [3.8, 4) is 22.8 Å². The second-order valence-electron chi connectivity index (χ2n) is 5.75. The molecule has 1 N–H and O–H groups in total. The molecule has 4 rings (SSSR count). The minimum atomic E-state index is -0.356. The molecule has 0 radical (unpaired) electrons. The molecule has 0 bridgehead atoms. The normalized spacial score (nSPS) is 12.7. The van der Waals surface area contributed by atoms with Gasteiger partial charge >= 0.3 is 0 Å². The maximum Gasteiger partial charge on any atom is 0.230 e. The minimum absolute atomic E-state index is 0.0939. The molecule has 2 heterocycles. The SMILES string of the molecule is O=C(Cc1cccc(F)c1)Nc1nc(-c2ccc3c(c2)OCCO3)cs1. The summed E-state index contributed by atoms with van der Waals surface area (Å²) < 4.78 is 24.3. The van der Waals surface area contributed by atoms with Gasteiger partial charge in [0.1, 0.15) is 19.0 Å². The molecule has 3 aromatic rings. The van der Waals surface area contributed by atoms with Crippen LogP contribution in [0.25, 0.3) is 11.3 Å². The standard InChI is InChI=1S/C19H15FN2O3S/c20-14-3-1-2-12(8-14)9-18(23)22-19-21-15(11-26-19)13-4-5-16-17(10-13)25-7-6-24-16/h1-5,8,10-11H,6-7,9H2,(H,21,22,23). The molecule has 1 aliphatic rings. The van der Waals surface area contributed by atoms with Crippen LogP contribution < -0.4 is 14.8 Å². The number of amides is 1. The monoisotopic (exact) mass is 370 g/mol. The first-order valence-corrected chi connectivity index (χ1v) is 8.95. The van der Waals surface area contributed by atoms with Gasteiger partial charge in [-0.1, -0.05) is 12.1 Å². The Balaban J connectivity index is 1.45. The van der Waals surface area contributed by atoms with E-state index >= 15 is 0 Å². The number of ether oxygens (including phenoxy) is 2. The number of carbonyl (C=O) groups is 1. The van der Waals surface area contributed by atoms with Crippen LogP contribution in [-0.2, 0) is 11.2 Å². The summed E-state index contributed by atoms with van der Waals surface area (Å²) in [5.74, 6) is 0.821. The van der Waals surface area contributed by atoms with Crippen molar-refractivity contribution in [2.75, 3.05) is 18.5 Å². The first-order chi connectivity index (χ1) is 12.7. The van der Waals surface area contributed by atoms with Gasteiger partial charge in [0.25, 0.3) is 0 Å². The predicted octanol–water partition coefficient (Wildman–Crippen LogP) is 3.90. The van der Waals surface area contributed by atoms with E-state index in [4.69, 9.17) is 9.47 Å². The van der Waals surface area contributed by atoms with Crippen LogP contribution in [0, 0.1) is 5.82 Å². The van der Waals surface area contributed by atoms with Crippen LogP contribution in [0.3, 0.4) is 0 Å². The zero-order valence-corrected chi connectivity index (χ0v) is 14.5. The first-order valence-electron chi connectivity index (χ1n) is 8.07. The van der Waals surface area contributed by atoms with E-state index in [2.05, 4.69) is 10.3 Å². The average molecular weight is 370 g/mol. The van der Waals surface area contributed by atoms with E-state index in [9.17, 15) is 9.18 Å². The number of aromatic nitrogens is 1. The lowest BCUT2D eigenvalue weighted by molar-refractivity contribution is -0.115. The average Bonchev–Trinajstić information content (AvgIpc) is 3.09. The summed E-state index contributed by atoms with van der Waals surface area (Å²) in [5.41, 5.74) is 2.25. The third kappa shape index (κ3) is 3.67. The molecule has 0 fully saturated rings. The number of benzene rings is 2. The Morgan fingerprint density at radius 3 is 2.85 bits per heavy atom. The molecule has 26 heavy (non-hydrogen) atoms. The number of hydrogen-bond donors (Lipinski definition) is 1. The van der Waals surface area contributed by atoms with Gasteiger partial charge in [-0.25, -0.2) is 9.37 Å². The molecule has 5 nitrogen and oxygen atoms in total. The Labute approximate surface area is 153 Å². The van der Waals surface area contributed by atoms with Gasteiger partial charge in [-0.2, -0.15) is 0 Å². The molecule has 2 aromatic carbocycles. The van der Waals surface area contributed by atoms with Crippen molar-refractivity contribution in [1.29, 1.82) is 0 Å². The largest absolute Gasteiger partial charge is 0.486 e. The second kappa shape index (κ2) is 7.13. The molecule has 7 heteroatoms. The molecule has 0 spiro atoms. The lowest BCUT2D eigenvalue weighted by Gasteiger charge is -2.18. The highest BCUT2D eigenvalue weighted by molar-refractivity contribution is 7.14. The van der Waals surface area contributed by atoms with Gasteiger partial charge in [0.2, 0.25) is 5.91 Å². The molecule has 0 unspecified atom stereocenters. The van der Waals surface area contributed by atoms with Crippen molar-refractivity contribution < 1.29 is 18.7 Å². The van der Waals surface area contributed by atoms with E-state index in [0.29, 0.717) is 29.7 Å². The molecular formula is C19H15FN2O3S. The highest BCUT2D eigenvalue weighted by atomic mass is 32.1. The van der Waals surface area contributed by atoms with Crippen LogP contribution in [0.5, 0.6) is 11.5 Å². The van der Waals surface area contributed by atoms with Gasteiger partial charge in [0, 0.05) is 10.9 Å². The third-order valence-corrected chi connectivity index (χ3v) is 4.60. The fourth-order valence-electron chi connectivity index (χ4n) is 2.66. The van der Waals surface area contributed by atoms with Gasteiger partial charge in [-0.15, -0.1) is 11.3 Å². The summed E-state index contributed by atoms with van der Waals surface area (Å²) in [5, 5.41) is 5.11. The van der Waals surface area contributed by atoms with Crippen LogP contribution in [0.2, 0.25) is 0 Å². The van der Waals surface area contributed by atoms with Crippen LogP contribution >= 0.6 is 11.3 Å². The van der Waals surface area contributed by atoms with Crippen molar-refractivity contribution in [2.24, 2.45) is 0 Å². The Bertz CT molecular complexity index is 957. The Morgan fingerprint density at radius 2 is 2.00 bits per heavy atom. The number of nitrogens with zero attached hydrogens (tertiary/aromatic N) is 1. The van der Waals surface area contributed by atoms with Gasteiger partial charge in [0.05, 0.1) is 12.1 Å². The molecular weight excluding hydrogens is 355 g/mol. The molecule has 1 aromatic heterocycles. The topological polar surface area (TPSA) is 60.5 Å². The summed E-state index contributed by atoms with van der Waals surface area (Å²) in [6.45, 7) is 1.07. The van der Waals surface area contributed by atoms with Crippen molar-refractivity contribution in [2.45, 2.75) is 6.42 Å². The Kier molecular flexibility index (Phi) is 4.53. The third-order valence-electron chi connectivity index (χ3n) is 3.84. The maximum absolute atomic E-state index is 13.2. The van der Waals surface area contributed by atoms with Gasteiger partial charge in [-0.3, -0.25) is 4.79 Å². The van der Waals surface area contributed by atoms with Crippen molar-refractivity contribution in [3.05, 3.63) is 59.2 Å². The summed E-state index contributed by atoms with van der Waals surface area (Å²) in [6.07, 6.45) is 0.0939. The zero-order chi connectivity index (χ0) is 17.9. The van der Waals surface area contributed by atoms with E-state index < -0.39 is 0 Å². The number of thiazole rings is 1. The molecule has 0 saturated carbocycles. The van der Waals surface area contributed by atoms with Crippen molar-refractivity contribution >= 4 is 22.4 Å². The van der Waals surface area contributed by atoms with Crippen LogP contribution in [-0.4, -0.2) is 24.1 Å². The predicted molar refractivity (Wildman–Crippen MR) is 97.3 cm³/mol.